The molecule has 1 aromatic rings. The van der Waals surface area contributed by atoms with Crippen LogP contribution in [0, 0.1) is 0 Å². The van der Waals surface area contributed by atoms with Gasteiger partial charge in [-0.05, 0) is 34.5 Å². The zero-order valence-electron chi connectivity index (χ0n) is 10.7. The molecule has 0 aromatic carbocycles. The first kappa shape index (κ1) is 15.9. The fourth-order valence-electron chi connectivity index (χ4n) is 1.28. The van der Waals surface area contributed by atoms with Crippen LogP contribution in [0.5, 0.6) is 0 Å². The van der Waals surface area contributed by atoms with E-state index in [9.17, 15) is 9.59 Å². The van der Waals surface area contributed by atoms with E-state index in [1.54, 1.807) is 17.4 Å². The number of carbonyl (C=O) groups excluding carboxylic acids is 2. The van der Waals surface area contributed by atoms with Gasteiger partial charge in [-0.3, -0.25) is 9.59 Å². The van der Waals surface area contributed by atoms with Crippen LogP contribution in [0.3, 0.4) is 0 Å². The highest BCUT2D eigenvalue weighted by Gasteiger charge is 2.01. The molecule has 6 heteroatoms. The van der Waals surface area contributed by atoms with Crippen molar-refractivity contribution in [2.75, 3.05) is 13.1 Å². The minimum atomic E-state index is -0.187. The summed E-state index contributed by atoms with van der Waals surface area (Å²) in [6, 6.07) is 1.94. The number of rotatable bonds is 7. The first-order chi connectivity index (χ1) is 9.11. The molecule has 0 saturated heterocycles. The van der Waals surface area contributed by atoms with E-state index in [1.165, 1.54) is 6.08 Å². The van der Waals surface area contributed by atoms with Crippen LogP contribution >= 0.6 is 27.3 Å². The molecule has 2 N–H and O–H groups in total. The summed E-state index contributed by atoms with van der Waals surface area (Å²) in [5, 5.41) is 7.38. The van der Waals surface area contributed by atoms with Gasteiger partial charge < -0.3 is 10.6 Å². The van der Waals surface area contributed by atoms with Gasteiger partial charge in [-0.1, -0.05) is 6.92 Å². The second kappa shape index (κ2) is 8.87. The van der Waals surface area contributed by atoms with Crippen LogP contribution in [0.1, 0.15) is 24.6 Å². The van der Waals surface area contributed by atoms with Gasteiger partial charge in [0, 0.05) is 40.3 Å². The van der Waals surface area contributed by atoms with Gasteiger partial charge >= 0.3 is 0 Å². The molecule has 0 aliphatic heterocycles. The van der Waals surface area contributed by atoms with E-state index in [4.69, 9.17) is 0 Å². The molecule has 2 amide bonds. The normalized spacial score (nSPS) is 10.6. The number of thiophene rings is 1. The summed E-state index contributed by atoms with van der Waals surface area (Å²) in [7, 11) is 0. The summed E-state index contributed by atoms with van der Waals surface area (Å²) in [4.78, 5) is 23.8. The number of nitrogens with one attached hydrogen (secondary N) is 2. The lowest BCUT2D eigenvalue weighted by molar-refractivity contribution is -0.121. The van der Waals surface area contributed by atoms with Crippen molar-refractivity contribution in [3.8, 4) is 0 Å². The molecule has 0 atom stereocenters. The van der Waals surface area contributed by atoms with Crippen molar-refractivity contribution in [2.24, 2.45) is 0 Å². The molecule has 0 unspecified atom stereocenters. The summed E-state index contributed by atoms with van der Waals surface area (Å²) in [5.41, 5.74) is 0. The molecule has 1 heterocycles. The monoisotopic (exact) mass is 344 g/mol. The number of hydrogen-bond donors (Lipinski definition) is 2. The standard InChI is InChI=1S/C13H17BrN2O2S/c1-2-6-15-13(18)5-7-16-12(17)4-3-11-8-10(14)9-19-11/h3-4,8-9H,2,5-7H2,1H3,(H,15,18)(H,16,17). The Bertz CT molecular complexity index is 457. The van der Waals surface area contributed by atoms with Gasteiger partial charge in [-0.25, -0.2) is 0 Å². The first-order valence-corrected chi connectivity index (χ1v) is 7.75. The SMILES string of the molecule is CCCNC(=O)CCNC(=O)C=Cc1cc(Br)cs1. The lowest BCUT2D eigenvalue weighted by atomic mass is 10.3. The molecule has 0 radical (unpaired) electrons. The Morgan fingerprint density at radius 2 is 2.16 bits per heavy atom. The molecule has 0 saturated carbocycles. The smallest absolute Gasteiger partial charge is 0.244 e. The maximum atomic E-state index is 11.5. The van der Waals surface area contributed by atoms with Crippen LogP contribution in [0.2, 0.25) is 0 Å². The summed E-state index contributed by atoms with van der Waals surface area (Å²) in [6.45, 7) is 3.03. The van der Waals surface area contributed by atoms with Crippen LogP contribution in [-0.2, 0) is 9.59 Å². The van der Waals surface area contributed by atoms with Gasteiger partial charge in [-0.2, -0.15) is 0 Å². The zero-order valence-corrected chi connectivity index (χ0v) is 13.1. The fourth-order valence-corrected chi connectivity index (χ4v) is 2.62. The number of amides is 2. The Kier molecular flexibility index (Phi) is 7.43. The molecular weight excluding hydrogens is 328 g/mol. The summed E-state index contributed by atoms with van der Waals surface area (Å²) in [5.74, 6) is -0.221. The van der Waals surface area contributed by atoms with Gasteiger partial charge in [-0.15, -0.1) is 11.3 Å². The van der Waals surface area contributed by atoms with E-state index in [0.29, 0.717) is 19.5 Å². The minimum absolute atomic E-state index is 0.0340. The van der Waals surface area contributed by atoms with E-state index in [-0.39, 0.29) is 11.8 Å². The lowest BCUT2D eigenvalue weighted by Gasteiger charge is -2.03. The molecule has 0 aliphatic rings. The van der Waals surface area contributed by atoms with Crippen LogP contribution < -0.4 is 10.6 Å². The Labute approximate surface area is 125 Å². The predicted octanol–water partition coefficient (Wildman–Crippen LogP) is 2.56. The van der Waals surface area contributed by atoms with Crippen molar-refractivity contribution in [3.05, 3.63) is 26.9 Å². The Balaban J connectivity index is 2.21. The number of carbonyl (C=O) groups is 2. The molecule has 4 nitrogen and oxygen atoms in total. The third-order valence-corrected chi connectivity index (χ3v) is 3.87. The second-order valence-electron chi connectivity index (χ2n) is 3.89. The van der Waals surface area contributed by atoms with Crippen LogP contribution in [-0.4, -0.2) is 24.9 Å². The number of halogens is 1. The van der Waals surface area contributed by atoms with Gasteiger partial charge in [0.1, 0.15) is 0 Å². The molecule has 0 spiro atoms. The van der Waals surface area contributed by atoms with E-state index in [0.717, 1.165) is 15.8 Å². The molecule has 0 bridgehead atoms. The van der Waals surface area contributed by atoms with Crippen molar-refractivity contribution < 1.29 is 9.59 Å². The zero-order chi connectivity index (χ0) is 14.1. The molecule has 19 heavy (non-hydrogen) atoms. The minimum Gasteiger partial charge on any atom is -0.356 e. The highest BCUT2D eigenvalue weighted by molar-refractivity contribution is 9.10. The van der Waals surface area contributed by atoms with Crippen molar-refractivity contribution in [1.82, 2.24) is 10.6 Å². The average Bonchev–Trinajstić information content (AvgIpc) is 2.80. The predicted molar refractivity (Wildman–Crippen MR) is 82.0 cm³/mol. The molecular formula is C13H17BrN2O2S. The molecule has 1 rings (SSSR count). The van der Waals surface area contributed by atoms with Crippen LogP contribution in [0.25, 0.3) is 6.08 Å². The summed E-state index contributed by atoms with van der Waals surface area (Å²) < 4.78 is 1.00. The topological polar surface area (TPSA) is 58.2 Å². The largest absolute Gasteiger partial charge is 0.356 e. The maximum Gasteiger partial charge on any atom is 0.244 e. The third-order valence-electron chi connectivity index (χ3n) is 2.21. The lowest BCUT2D eigenvalue weighted by Crippen LogP contribution is -2.30. The highest BCUT2D eigenvalue weighted by Crippen LogP contribution is 2.20. The highest BCUT2D eigenvalue weighted by atomic mass is 79.9. The van der Waals surface area contributed by atoms with Gasteiger partial charge in [0.25, 0.3) is 0 Å². The number of hydrogen-bond acceptors (Lipinski definition) is 3. The molecule has 104 valence electrons. The van der Waals surface area contributed by atoms with Gasteiger partial charge in [0.2, 0.25) is 11.8 Å². The van der Waals surface area contributed by atoms with Crippen molar-refractivity contribution in [3.63, 3.8) is 0 Å². The quantitative estimate of drug-likeness (QED) is 0.746. The summed E-state index contributed by atoms with van der Waals surface area (Å²) >= 11 is 4.90. The summed E-state index contributed by atoms with van der Waals surface area (Å²) in [6.07, 6.45) is 4.45. The van der Waals surface area contributed by atoms with Gasteiger partial charge in [0.05, 0.1) is 0 Å². The van der Waals surface area contributed by atoms with E-state index >= 15 is 0 Å². The van der Waals surface area contributed by atoms with Crippen molar-refractivity contribution >= 4 is 45.2 Å². The first-order valence-electron chi connectivity index (χ1n) is 6.08. The third kappa shape index (κ3) is 7.12. The van der Waals surface area contributed by atoms with Crippen molar-refractivity contribution in [2.45, 2.75) is 19.8 Å². The van der Waals surface area contributed by atoms with E-state index < -0.39 is 0 Å². The molecule has 0 aliphatic carbocycles. The Morgan fingerprint density at radius 3 is 2.79 bits per heavy atom. The van der Waals surface area contributed by atoms with E-state index in [1.807, 2.05) is 18.4 Å². The van der Waals surface area contributed by atoms with Crippen molar-refractivity contribution in [1.29, 1.82) is 0 Å². The Hall–Kier alpha value is -1.14. The van der Waals surface area contributed by atoms with Crippen LogP contribution in [0.4, 0.5) is 0 Å². The maximum absolute atomic E-state index is 11.5. The van der Waals surface area contributed by atoms with E-state index in [2.05, 4.69) is 26.6 Å². The second-order valence-corrected chi connectivity index (χ2v) is 5.75. The van der Waals surface area contributed by atoms with Crippen LogP contribution in [0.15, 0.2) is 22.0 Å². The molecule has 0 fully saturated rings. The Morgan fingerprint density at radius 1 is 1.37 bits per heavy atom. The average molecular weight is 345 g/mol. The molecule has 1 aromatic heterocycles. The fraction of sp³-hybridized carbons (Fsp3) is 0.385. The van der Waals surface area contributed by atoms with Gasteiger partial charge in [0.15, 0.2) is 0 Å².